The smallest absolute Gasteiger partial charge is 0.241 e. The number of carbonyl (C=O) groups excluding carboxylic acids is 1. The van der Waals surface area contributed by atoms with Crippen molar-refractivity contribution in [3.8, 4) is 6.07 Å². The standard InChI is InChI=1S/C10H11N3O/c1-2-8(7-11)10(14)13-9-3-5-12-6-4-9/h3-6,8H,2H2,1H3,(H,12,13,14). The average Bonchev–Trinajstić information content (AvgIpc) is 2.21. The van der Waals surface area contributed by atoms with Crippen molar-refractivity contribution >= 4 is 11.6 Å². The van der Waals surface area contributed by atoms with Crippen LogP contribution in [0.25, 0.3) is 0 Å². The lowest BCUT2D eigenvalue weighted by atomic mass is 10.1. The molecule has 0 aliphatic rings. The molecule has 4 heteroatoms. The molecule has 0 radical (unpaired) electrons. The summed E-state index contributed by atoms with van der Waals surface area (Å²) in [6.07, 6.45) is 3.69. The van der Waals surface area contributed by atoms with Gasteiger partial charge in [-0.1, -0.05) is 6.92 Å². The van der Waals surface area contributed by atoms with Crippen molar-refractivity contribution in [3.63, 3.8) is 0 Å². The van der Waals surface area contributed by atoms with Crippen LogP contribution in [0.15, 0.2) is 24.5 Å². The molecule has 0 aliphatic heterocycles. The van der Waals surface area contributed by atoms with Crippen molar-refractivity contribution < 1.29 is 4.79 Å². The molecule has 14 heavy (non-hydrogen) atoms. The Hall–Kier alpha value is -1.89. The van der Waals surface area contributed by atoms with E-state index in [2.05, 4.69) is 10.3 Å². The molecule has 72 valence electrons. The van der Waals surface area contributed by atoms with E-state index in [-0.39, 0.29) is 5.91 Å². The molecule has 1 amide bonds. The van der Waals surface area contributed by atoms with Crippen LogP contribution in [0.2, 0.25) is 0 Å². The molecular formula is C10H11N3O. The first kappa shape index (κ1) is 10.2. The maximum atomic E-state index is 11.4. The van der Waals surface area contributed by atoms with Gasteiger partial charge >= 0.3 is 0 Å². The molecule has 0 aliphatic carbocycles. The zero-order valence-corrected chi connectivity index (χ0v) is 7.90. The molecule has 4 nitrogen and oxygen atoms in total. The van der Waals surface area contributed by atoms with Crippen molar-refractivity contribution in [2.24, 2.45) is 5.92 Å². The van der Waals surface area contributed by atoms with Gasteiger partial charge in [0.25, 0.3) is 0 Å². The van der Waals surface area contributed by atoms with Gasteiger partial charge in [-0.05, 0) is 18.6 Å². The van der Waals surface area contributed by atoms with Crippen LogP contribution in [-0.4, -0.2) is 10.9 Å². The van der Waals surface area contributed by atoms with Crippen LogP contribution in [0.1, 0.15) is 13.3 Å². The van der Waals surface area contributed by atoms with E-state index >= 15 is 0 Å². The van der Waals surface area contributed by atoms with Crippen molar-refractivity contribution in [1.29, 1.82) is 5.26 Å². The molecule has 1 atom stereocenters. The molecule has 1 unspecified atom stereocenters. The second-order valence-corrected chi connectivity index (χ2v) is 2.82. The van der Waals surface area contributed by atoms with Crippen LogP contribution >= 0.6 is 0 Å². The van der Waals surface area contributed by atoms with E-state index in [4.69, 9.17) is 5.26 Å². The van der Waals surface area contributed by atoms with E-state index in [1.165, 1.54) is 0 Å². The molecule has 1 N–H and O–H groups in total. The van der Waals surface area contributed by atoms with Gasteiger partial charge in [-0.15, -0.1) is 0 Å². The molecule has 1 rings (SSSR count). The fraction of sp³-hybridized carbons (Fsp3) is 0.300. The van der Waals surface area contributed by atoms with Crippen molar-refractivity contribution in [2.75, 3.05) is 5.32 Å². The van der Waals surface area contributed by atoms with E-state index in [1.54, 1.807) is 31.5 Å². The van der Waals surface area contributed by atoms with Gasteiger partial charge in [0.15, 0.2) is 0 Å². The van der Waals surface area contributed by atoms with Crippen LogP contribution in [0.4, 0.5) is 5.69 Å². The summed E-state index contributed by atoms with van der Waals surface area (Å²) in [4.78, 5) is 15.2. The fourth-order valence-corrected chi connectivity index (χ4v) is 1.000. The number of carbonyl (C=O) groups is 1. The first-order chi connectivity index (χ1) is 6.77. The lowest BCUT2D eigenvalue weighted by Crippen LogP contribution is -2.20. The summed E-state index contributed by atoms with van der Waals surface area (Å²) in [5.41, 5.74) is 0.665. The summed E-state index contributed by atoms with van der Waals surface area (Å²) in [5, 5.41) is 11.3. The topological polar surface area (TPSA) is 65.8 Å². The first-order valence-electron chi connectivity index (χ1n) is 4.38. The number of rotatable bonds is 3. The van der Waals surface area contributed by atoms with Gasteiger partial charge < -0.3 is 5.32 Å². The third kappa shape index (κ3) is 2.56. The zero-order valence-electron chi connectivity index (χ0n) is 7.90. The Bertz CT molecular complexity index is 342. The third-order valence-electron chi connectivity index (χ3n) is 1.83. The minimum absolute atomic E-state index is 0.263. The molecule has 0 aromatic carbocycles. The maximum Gasteiger partial charge on any atom is 0.241 e. The Morgan fingerprint density at radius 2 is 2.29 bits per heavy atom. The third-order valence-corrected chi connectivity index (χ3v) is 1.83. The Labute approximate surface area is 82.6 Å². The minimum Gasteiger partial charge on any atom is -0.325 e. The number of anilines is 1. The van der Waals surface area contributed by atoms with Crippen LogP contribution < -0.4 is 5.32 Å². The summed E-state index contributed by atoms with van der Waals surface area (Å²) >= 11 is 0. The molecule has 0 saturated carbocycles. The van der Waals surface area contributed by atoms with Gasteiger partial charge in [0, 0.05) is 18.1 Å². The Morgan fingerprint density at radius 1 is 1.64 bits per heavy atom. The summed E-state index contributed by atoms with van der Waals surface area (Å²) < 4.78 is 0. The number of hydrogen-bond acceptors (Lipinski definition) is 3. The average molecular weight is 189 g/mol. The van der Waals surface area contributed by atoms with Crippen molar-refractivity contribution in [1.82, 2.24) is 4.98 Å². The first-order valence-corrected chi connectivity index (χ1v) is 4.38. The van der Waals surface area contributed by atoms with Crippen LogP contribution in [0.5, 0.6) is 0 Å². The monoisotopic (exact) mass is 189 g/mol. The number of pyridine rings is 1. The Balaban J connectivity index is 2.62. The molecule has 1 aromatic rings. The van der Waals surface area contributed by atoms with Crippen LogP contribution in [-0.2, 0) is 4.79 Å². The highest BCUT2D eigenvalue weighted by molar-refractivity contribution is 5.93. The largest absolute Gasteiger partial charge is 0.325 e. The summed E-state index contributed by atoms with van der Waals surface area (Å²) in [5.74, 6) is -0.843. The van der Waals surface area contributed by atoms with E-state index in [0.717, 1.165) is 0 Å². The molecular weight excluding hydrogens is 178 g/mol. The fourth-order valence-electron chi connectivity index (χ4n) is 1.000. The van der Waals surface area contributed by atoms with Gasteiger partial charge in [-0.3, -0.25) is 9.78 Å². The second-order valence-electron chi connectivity index (χ2n) is 2.82. The number of nitriles is 1. The van der Waals surface area contributed by atoms with Crippen LogP contribution in [0, 0.1) is 17.2 Å². The van der Waals surface area contributed by atoms with E-state index in [0.29, 0.717) is 12.1 Å². The molecule has 1 aromatic heterocycles. The van der Waals surface area contributed by atoms with Gasteiger partial charge in [0.05, 0.1) is 6.07 Å². The minimum atomic E-state index is -0.580. The molecule has 0 spiro atoms. The molecule has 1 heterocycles. The van der Waals surface area contributed by atoms with Crippen molar-refractivity contribution in [2.45, 2.75) is 13.3 Å². The Kier molecular flexibility index (Phi) is 3.62. The SMILES string of the molecule is CCC(C#N)C(=O)Nc1ccncc1. The quantitative estimate of drug-likeness (QED) is 0.784. The lowest BCUT2D eigenvalue weighted by molar-refractivity contribution is -0.118. The number of nitrogens with one attached hydrogen (secondary N) is 1. The second kappa shape index (κ2) is 4.97. The number of aromatic nitrogens is 1. The predicted octanol–water partition coefficient (Wildman–Crippen LogP) is 1.57. The van der Waals surface area contributed by atoms with Gasteiger partial charge in [-0.25, -0.2) is 0 Å². The molecule has 0 bridgehead atoms. The van der Waals surface area contributed by atoms with E-state index in [1.807, 2.05) is 6.07 Å². The maximum absolute atomic E-state index is 11.4. The lowest BCUT2D eigenvalue weighted by Gasteiger charge is -2.07. The predicted molar refractivity (Wildman–Crippen MR) is 52.3 cm³/mol. The number of hydrogen-bond donors (Lipinski definition) is 1. The summed E-state index contributed by atoms with van der Waals surface area (Å²) in [6.45, 7) is 1.81. The van der Waals surface area contributed by atoms with Gasteiger partial charge in [0.1, 0.15) is 5.92 Å². The summed E-state index contributed by atoms with van der Waals surface area (Å²) in [6, 6.07) is 5.31. The molecule has 0 saturated heterocycles. The zero-order chi connectivity index (χ0) is 10.4. The highest BCUT2D eigenvalue weighted by Gasteiger charge is 2.14. The van der Waals surface area contributed by atoms with E-state index < -0.39 is 5.92 Å². The van der Waals surface area contributed by atoms with Crippen LogP contribution in [0.3, 0.4) is 0 Å². The van der Waals surface area contributed by atoms with Crippen molar-refractivity contribution in [3.05, 3.63) is 24.5 Å². The molecule has 0 fully saturated rings. The normalized spacial score (nSPS) is 11.4. The highest BCUT2D eigenvalue weighted by Crippen LogP contribution is 2.08. The Morgan fingerprint density at radius 3 is 2.79 bits per heavy atom. The van der Waals surface area contributed by atoms with E-state index in [9.17, 15) is 4.79 Å². The number of nitrogens with zero attached hydrogens (tertiary/aromatic N) is 2. The summed E-state index contributed by atoms with van der Waals surface area (Å²) in [7, 11) is 0. The van der Waals surface area contributed by atoms with Gasteiger partial charge in [-0.2, -0.15) is 5.26 Å². The highest BCUT2D eigenvalue weighted by atomic mass is 16.1. The number of amides is 1. The van der Waals surface area contributed by atoms with Gasteiger partial charge in [0.2, 0.25) is 5.91 Å².